The van der Waals surface area contributed by atoms with Crippen molar-refractivity contribution in [3.05, 3.63) is 66.1 Å². The Labute approximate surface area is 222 Å². The molecule has 0 unspecified atom stereocenters. The van der Waals surface area contributed by atoms with Gasteiger partial charge in [-0.2, -0.15) is 5.10 Å². The van der Waals surface area contributed by atoms with Crippen LogP contribution in [0.5, 0.6) is 17.2 Å². The van der Waals surface area contributed by atoms with Crippen molar-refractivity contribution in [2.24, 2.45) is 0 Å². The molecular formula is C28H34N6O4. The molecule has 0 bridgehead atoms. The lowest BCUT2D eigenvalue weighted by molar-refractivity contribution is 0.0951. The summed E-state index contributed by atoms with van der Waals surface area (Å²) in [6.07, 6.45) is 4.15. The second-order valence-corrected chi connectivity index (χ2v) is 8.35. The average molecular weight is 519 g/mol. The lowest BCUT2D eigenvalue weighted by atomic mass is 10.1. The fourth-order valence-electron chi connectivity index (χ4n) is 4.06. The molecule has 2 aromatic carbocycles. The molecule has 4 aromatic rings. The van der Waals surface area contributed by atoms with E-state index in [4.69, 9.17) is 14.2 Å². The van der Waals surface area contributed by atoms with Crippen LogP contribution in [0.1, 0.15) is 36.7 Å². The third-order valence-corrected chi connectivity index (χ3v) is 5.76. The number of nitrogens with one attached hydrogen (secondary N) is 2. The Morgan fingerprint density at radius 3 is 2.32 bits per heavy atom. The molecule has 1 amide bonds. The van der Waals surface area contributed by atoms with Crippen LogP contribution in [0.3, 0.4) is 0 Å². The van der Waals surface area contributed by atoms with E-state index in [1.165, 1.54) is 11.9 Å². The number of hydrogen-bond donors (Lipinski definition) is 2. The lowest BCUT2D eigenvalue weighted by Crippen LogP contribution is -2.27. The van der Waals surface area contributed by atoms with Crippen molar-refractivity contribution >= 4 is 22.8 Å². The molecule has 4 rings (SSSR count). The van der Waals surface area contributed by atoms with Gasteiger partial charge in [0.2, 0.25) is 5.75 Å². The first kappa shape index (κ1) is 26.7. The van der Waals surface area contributed by atoms with Gasteiger partial charge in [-0.15, -0.1) is 0 Å². The molecule has 10 heteroatoms. The van der Waals surface area contributed by atoms with E-state index >= 15 is 0 Å². The number of ether oxygens (including phenoxy) is 3. The van der Waals surface area contributed by atoms with Crippen LogP contribution in [0.25, 0.3) is 11.0 Å². The number of hydrogen-bond acceptors (Lipinski definition) is 8. The molecule has 2 heterocycles. The van der Waals surface area contributed by atoms with Crippen molar-refractivity contribution < 1.29 is 19.0 Å². The second-order valence-electron chi connectivity index (χ2n) is 8.35. The van der Waals surface area contributed by atoms with Gasteiger partial charge in [0, 0.05) is 18.7 Å². The van der Waals surface area contributed by atoms with Gasteiger partial charge in [-0.3, -0.25) is 4.79 Å². The van der Waals surface area contributed by atoms with Crippen LogP contribution in [-0.2, 0) is 13.0 Å². The van der Waals surface area contributed by atoms with Crippen LogP contribution in [0, 0.1) is 0 Å². The Balaban J connectivity index is 1.40. The molecule has 200 valence electrons. The Bertz CT molecular complexity index is 1310. The quantitative estimate of drug-likeness (QED) is 0.257. The molecular weight excluding hydrogens is 484 g/mol. The van der Waals surface area contributed by atoms with E-state index in [0.717, 1.165) is 24.2 Å². The number of amides is 1. The predicted molar refractivity (Wildman–Crippen MR) is 146 cm³/mol. The van der Waals surface area contributed by atoms with Gasteiger partial charge in [-0.05, 0) is 44.9 Å². The summed E-state index contributed by atoms with van der Waals surface area (Å²) in [5.74, 6) is 1.95. The summed E-state index contributed by atoms with van der Waals surface area (Å²) in [4.78, 5) is 21.8. The normalized spacial score (nSPS) is 10.8. The van der Waals surface area contributed by atoms with Crippen LogP contribution in [0.4, 0.5) is 5.82 Å². The first-order valence-electron chi connectivity index (χ1n) is 12.9. The summed E-state index contributed by atoms with van der Waals surface area (Å²) < 4.78 is 18.9. The van der Waals surface area contributed by atoms with E-state index in [0.29, 0.717) is 61.4 Å². The summed E-state index contributed by atoms with van der Waals surface area (Å²) in [5.41, 5.74) is 2.39. The Morgan fingerprint density at radius 1 is 0.921 bits per heavy atom. The third kappa shape index (κ3) is 6.50. The monoisotopic (exact) mass is 518 g/mol. The zero-order valence-electron chi connectivity index (χ0n) is 22.1. The molecule has 38 heavy (non-hydrogen) atoms. The molecule has 0 spiro atoms. The smallest absolute Gasteiger partial charge is 0.251 e. The highest BCUT2D eigenvalue weighted by molar-refractivity contribution is 5.95. The van der Waals surface area contributed by atoms with Gasteiger partial charge in [0.05, 0.1) is 37.9 Å². The molecule has 10 nitrogen and oxygen atoms in total. The van der Waals surface area contributed by atoms with Crippen LogP contribution in [0.15, 0.2) is 55.0 Å². The highest BCUT2D eigenvalue weighted by atomic mass is 16.5. The fourth-order valence-corrected chi connectivity index (χ4v) is 4.06. The van der Waals surface area contributed by atoms with Crippen molar-refractivity contribution in [1.29, 1.82) is 0 Å². The van der Waals surface area contributed by atoms with E-state index in [1.54, 1.807) is 23.0 Å². The van der Waals surface area contributed by atoms with Crippen LogP contribution < -0.4 is 24.8 Å². The molecule has 0 atom stereocenters. The van der Waals surface area contributed by atoms with Crippen LogP contribution >= 0.6 is 0 Å². The van der Waals surface area contributed by atoms with E-state index in [-0.39, 0.29) is 5.91 Å². The van der Waals surface area contributed by atoms with E-state index in [1.807, 2.05) is 39.0 Å². The Hall–Kier alpha value is -4.34. The predicted octanol–water partition coefficient (Wildman–Crippen LogP) is 4.11. The maximum atomic E-state index is 13.0. The number of benzene rings is 2. The molecule has 0 aliphatic rings. The van der Waals surface area contributed by atoms with E-state index < -0.39 is 0 Å². The molecule has 0 aliphatic heterocycles. The SMILES string of the molecule is CCOc1cc(C(=O)NCCn2ncc3c(NCCc4ccccc4)ncnc32)cc(OCC)c1OCC. The molecule has 0 radical (unpaired) electrons. The lowest BCUT2D eigenvalue weighted by Gasteiger charge is -2.17. The number of carbonyl (C=O) groups is 1. The van der Waals surface area contributed by atoms with E-state index in [2.05, 4.69) is 37.8 Å². The third-order valence-electron chi connectivity index (χ3n) is 5.76. The zero-order valence-corrected chi connectivity index (χ0v) is 22.1. The number of anilines is 1. The van der Waals surface area contributed by atoms with Gasteiger partial charge >= 0.3 is 0 Å². The topological polar surface area (TPSA) is 112 Å². The largest absolute Gasteiger partial charge is 0.490 e. The molecule has 0 saturated carbocycles. The van der Waals surface area contributed by atoms with Crippen molar-refractivity contribution in [3.63, 3.8) is 0 Å². The maximum absolute atomic E-state index is 13.0. The second kappa shape index (κ2) is 13.3. The number of aromatic nitrogens is 4. The van der Waals surface area contributed by atoms with Crippen LogP contribution in [-0.4, -0.2) is 58.6 Å². The van der Waals surface area contributed by atoms with Gasteiger partial charge in [0.1, 0.15) is 12.1 Å². The number of fused-ring (bicyclic) bond motifs is 1. The maximum Gasteiger partial charge on any atom is 0.251 e. The Kier molecular flexibility index (Phi) is 9.33. The van der Waals surface area contributed by atoms with Crippen molar-refractivity contribution in [2.75, 3.05) is 38.2 Å². The number of rotatable bonds is 14. The Morgan fingerprint density at radius 2 is 1.63 bits per heavy atom. The first-order valence-corrected chi connectivity index (χ1v) is 12.9. The summed E-state index contributed by atoms with van der Waals surface area (Å²) in [5, 5.41) is 11.6. The van der Waals surface area contributed by atoms with Gasteiger partial charge in [-0.1, -0.05) is 30.3 Å². The van der Waals surface area contributed by atoms with Crippen molar-refractivity contribution in [2.45, 2.75) is 33.7 Å². The minimum Gasteiger partial charge on any atom is -0.490 e. The van der Waals surface area contributed by atoms with Gasteiger partial charge in [0.15, 0.2) is 17.1 Å². The summed E-state index contributed by atoms with van der Waals surface area (Å²) in [7, 11) is 0. The van der Waals surface area contributed by atoms with Gasteiger partial charge in [0.25, 0.3) is 5.91 Å². The first-order chi connectivity index (χ1) is 18.6. The minimum absolute atomic E-state index is 0.246. The summed E-state index contributed by atoms with van der Waals surface area (Å²) in [6, 6.07) is 13.6. The molecule has 0 fully saturated rings. The molecule has 2 N–H and O–H groups in total. The average Bonchev–Trinajstić information content (AvgIpc) is 3.35. The van der Waals surface area contributed by atoms with Crippen molar-refractivity contribution in [3.8, 4) is 17.2 Å². The zero-order chi connectivity index (χ0) is 26.7. The molecule has 2 aromatic heterocycles. The number of carbonyl (C=O) groups excluding carboxylic acids is 1. The molecule has 0 aliphatic carbocycles. The van der Waals surface area contributed by atoms with Crippen LogP contribution in [0.2, 0.25) is 0 Å². The fraction of sp³-hybridized carbons (Fsp3) is 0.357. The van der Waals surface area contributed by atoms with Gasteiger partial charge < -0.3 is 24.8 Å². The standard InChI is InChI=1S/C28H34N6O4/c1-4-36-23-16-21(17-24(37-5-2)25(23)38-6-3)28(35)30-14-15-34-27-22(18-33-34)26(31-19-32-27)29-13-12-20-10-8-7-9-11-20/h7-11,16-19H,4-6,12-15H2,1-3H3,(H,30,35)(H,29,31,32). The van der Waals surface area contributed by atoms with E-state index in [9.17, 15) is 4.79 Å². The summed E-state index contributed by atoms with van der Waals surface area (Å²) in [6.45, 7) is 8.53. The highest BCUT2D eigenvalue weighted by Gasteiger charge is 2.18. The minimum atomic E-state index is -0.246. The highest BCUT2D eigenvalue weighted by Crippen LogP contribution is 2.39. The molecule has 0 saturated heterocycles. The number of nitrogens with zero attached hydrogens (tertiary/aromatic N) is 4. The van der Waals surface area contributed by atoms with Crippen molar-refractivity contribution in [1.82, 2.24) is 25.1 Å². The summed E-state index contributed by atoms with van der Waals surface area (Å²) >= 11 is 0. The van der Waals surface area contributed by atoms with Gasteiger partial charge in [-0.25, -0.2) is 14.6 Å².